The number of carbonyl (C=O) groups is 2. The van der Waals surface area contributed by atoms with Crippen LogP contribution in [0.3, 0.4) is 0 Å². The number of hydrogen-bond donors (Lipinski definition) is 1. The van der Waals surface area contributed by atoms with Gasteiger partial charge < -0.3 is 15.0 Å². The first-order chi connectivity index (χ1) is 12.8. The third kappa shape index (κ3) is 5.58. The molecule has 144 valence electrons. The largest absolute Gasteiger partial charge is 0.497 e. The van der Waals surface area contributed by atoms with Gasteiger partial charge in [-0.25, -0.2) is 0 Å². The molecule has 0 fully saturated rings. The highest BCUT2D eigenvalue weighted by molar-refractivity contribution is 5.94. The molecule has 0 heterocycles. The monoisotopic (exact) mass is 368 g/mol. The van der Waals surface area contributed by atoms with Gasteiger partial charge in [-0.05, 0) is 61.7 Å². The predicted molar refractivity (Wildman–Crippen MR) is 108 cm³/mol. The number of hydrogen-bond acceptors (Lipinski definition) is 3. The van der Waals surface area contributed by atoms with E-state index >= 15 is 0 Å². The lowest BCUT2D eigenvalue weighted by Gasteiger charge is -2.25. The molecule has 0 aliphatic rings. The number of carbonyl (C=O) groups excluding carboxylic acids is 2. The van der Waals surface area contributed by atoms with Crippen LogP contribution in [-0.2, 0) is 9.59 Å². The van der Waals surface area contributed by atoms with E-state index in [1.165, 1.54) is 6.92 Å². The quantitative estimate of drug-likeness (QED) is 0.805. The average Bonchev–Trinajstić information content (AvgIpc) is 2.60. The van der Waals surface area contributed by atoms with E-state index in [1.54, 1.807) is 12.0 Å². The Morgan fingerprint density at radius 2 is 1.67 bits per heavy atom. The number of rotatable bonds is 7. The number of methoxy groups -OCH3 is 1. The van der Waals surface area contributed by atoms with Crippen LogP contribution >= 0.6 is 0 Å². The van der Waals surface area contributed by atoms with Crippen LogP contribution in [0.2, 0.25) is 0 Å². The number of benzene rings is 2. The summed E-state index contributed by atoms with van der Waals surface area (Å²) in [6, 6.07) is 13.1. The summed E-state index contributed by atoms with van der Waals surface area (Å²) in [5, 5.41) is 2.89. The van der Waals surface area contributed by atoms with Crippen LogP contribution in [0.4, 0.5) is 5.69 Å². The highest BCUT2D eigenvalue weighted by Crippen LogP contribution is 2.24. The molecule has 0 bridgehead atoms. The Morgan fingerprint density at radius 3 is 2.15 bits per heavy atom. The Labute approximate surface area is 161 Å². The molecular formula is C22H28N2O3. The van der Waals surface area contributed by atoms with Gasteiger partial charge >= 0.3 is 0 Å². The van der Waals surface area contributed by atoms with E-state index in [9.17, 15) is 9.59 Å². The second-order valence-corrected chi connectivity index (χ2v) is 6.71. The maximum Gasteiger partial charge on any atom is 0.229 e. The molecule has 0 saturated heterocycles. The molecule has 2 aromatic rings. The van der Waals surface area contributed by atoms with Gasteiger partial charge in [0.1, 0.15) is 5.75 Å². The van der Waals surface area contributed by atoms with Crippen molar-refractivity contribution in [1.82, 2.24) is 5.32 Å². The van der Waals surface area contributed by atoms with Gasteiger partial charge in [-0.1, -0.05) is 18.2 Å². The lowest BCUT2D eigenvalue weighted by molar-refractivity contribution is -0.121. The minimum Gasteiger partial charge on any atom is -0.497 e. The molecule has 1 atom stereocenters. The third-order valence-electron chi connectivity index (χ3n) is 4.41. The fourth-order valence-electron chi connectivity index (χ4n) is 3.23. The van der Waals surface area contributed by atoms with Crippen molar-refractivity contribution in [3.8, 4) is 5.75 Å². The number of aryl methyl sites for hydroxylation is 2. The summed E-state index contributed by atoms with van der Waals surface area (Å²) in [5.41, 5.74) is 3.99. The van der Waals surface area contributed by atoms with Crippen molar-refractivity contribution in [2.24, 2.45) is 0 Å². The van der Waals surface area contributed by atoms with E-state index in [0.717, 1.165) is 28.1 Å². The summed E-state index contributed by atoms with van der Waals surface area (Å²) in [7, 11) is 1.60. The molecule has 0 aliphatic heterocycles. The van der Waals surface area contributed by atoms with Crippen LogP contribution in [-0.4, -0.2) is 25.5 Å². The third-order valence-corrected chi connectivity index (χ3v) is 4.41. The van der Waals surface area contributed by atoms with Crippen LogP contribution in [0.1, 0.15) is 43.0 Å². The summed E-state index contributed by atoms with van der Waals surface area (Å²) in [6.45, 7) is 8.02. The second-order valence-electron chi connectivity index (χ2n) is 6.71. The molecule has 2 amide bonds. The van der Waals surface area contributed by atoms with Crippen molar-refractivity contribution in [3.63, 3.8) is 0 Å². The summed E-state index contributed by atoms with van der Waals surface area (Å²) >= 11 is 0. The maximum atomic E-state index is 13.0. The molecule has 0 radical (unpaired) electrons. The molecule has 1 N–H and O–H groups in total. The number of anilines is 1. The fraction of sp³-hybridized carbons (Fsp3) is 0.364. The number of ether oxygens (including phenoxy) is 1. The van der Waals surface area contributed by atoms with Crippen LogP contribution in [0, 0.1) is 13.8 Å². The number of amides is 2. The smallest absolute Gasteiger partial charge is 0.229 e. The molecule has 0 spiro atoms. The van der Waals surface area contributed by atoms with Crippen molar-refractivity contribution in [3.05, 3.63) is 59.2 Å². The zero-order chi connectivity index (χ0) is 20.0. The van der Waals surface area contributed by atoms with Crippen molar-refractivity contribution >= 4 is 17.5 Å². The standard InChI is InChI=1S/C22H28N2O3/c1-6-24(19-12-15(2)11-16(3)13-19)22(26)14-21(23-17(4)25)18-7-9-20(27-5)10-8-18/h7-13,21H,6,14H2,1-5H3,(H,23,25). The van der Waals surface area contributed by atoms with Crippen molar-refractivity contribution < 1.29 is 14.3 Å². The summed E-state index contributed by atoms with van der Waals surface area (Å²) in [4.78, 5) is 26.5. The molecule has 2 aromatic carbocycles. The van der Waals surface area contributed by atoms with Crippen LogP contribution in [0.25, 0.3) is 0 Å². The number of nitrogens with one attached hydrogen (secondary N) is 1. The molecule has 2 rings (SSSR count). The molecule has 5 heteroatoms. The molecule has 5 nitrogen and oxygen atoms in total. The van der Waals surface area contributed by atoms with Crippen molar-refractivity contribution in [2.75, 3.05) is 18.6 Å². The van der Waals surface area contributed by atoms with Gasteiger partial charge in [-0.3, -0.25) is 9.59 Å². The van der Waals surface area contributed by atoms with E-state index in [1.807, 2.05) is 57.2 Å². The van der Waals surface area contributed by atoms with E-state index in [0.29, 0.717) is 6.54 Å². The minimum absolute atomic E-state index is 0.0305. The van der Waals surface area contributed by atoms with E-state index in [-0.39, 0.29) is 24.3 Å². The van der Waals surface area contributed by atoms with Gasteiger partial charge in [0.05, 0.1) is 19.6 Å². The van der Waals surface area contributed by atoms with Crippen LogP contribution in [0.15, 0.2) is 42.5 Å². The summed E-state index contributed by atoms with van der Waals surface area (Å²) < 4.78 is 5.18. The average molecular weight is 368 g/mol. The molecular weight excluding hydrogens is 340 g/mol. The first-order valence-electron chi connectivity index (χ1n) is 9.13. The van der Waals surface area contributed by atoms with Crippen LogP contribution < -0.4 is 15.0 Å². The SMILES string of the molecule is CCN(C(=O)CC(NC(C)=O)c1ccc(OC)cc1)c1cc(C)cc(C)c1. The molecule has 27 heavy (non-hydrogen) atoms. The van der Waals surface area contributed by atoms with Crippen LogP contribution in [0.5, 0.6) is 5.75 Å². The number of nitrogens with zero attached hydrogens (tertiary/aromatic N) is 1. The van der Waals surface area contributed by atoms with E-state index in [2.05, 4.69) is 11.4 Å². The van der Waals surface area contributed by atoms with E-state index < -0.39 is 0 Å². The molecule has 0 aromatic heterocycles. The first kappa shape index (κ1) is 20.5. The highest BCUT2D eigenvalue weighted by Gasteiger charge is 2.22. The lowest BCUT2D eigenvalue weighted by Crippen LogP contribution is -2.36. The Morgan fingerprint density at radius 1 is 1.07 bits per heavy atom. The highest BCUT2D eigenvalue weighted by atomic mass is 16.5. The minimum atomic E-state index is -0.388. The maximum absolute atomic E-state index is 13.0. The van der Waals surface area contributed by atoms with E-state index in [4.69, 9.17) is 4.74 Å². The second kappa shape index (κ2) is 9.21. The summed E-state index contributed by atoms with van der Waals surface area (Å²) in [5.74, 6) is 0.534. The zero-order valence-electron chi connectivity index (χ0n) is 16.7. The van der Waals surface area contributed by atoms with Gasteiger partial charge in [0.25, 0.3) is 0 Å². The molecule has 0 aliphatic carbocycles. The fourth-order valence-corrected chi connectivity index (χ4v) is 3.23. The van der Waals surface area contributed by atoms with Gasteiger partial charge in [0.2, 0.25) is 11.8 Å². The van der Waals surface area contributed by atoms with Gasteiger partial charge in [0.15, 0.2) is 0 Å². The Balaban J connectivity index is 2.25. The zero-order valence-corrected chi connectivity index (χ0v) is 16.7. The van der Waals surface area contributed by atoms with Crippen molar-refractivity contribution in [2.45, 2.75) is 40.2 Å². The predicted octanol–water partition coefficient (Wildman–Crippen LogP) is 3.93. The van der Waals surface area contributed by atoms with Gasteiger partial charge in [-0.15, -0.1) is 0 Å². The normalized spacial score (nSPS) is 11.6. The Hall–Kier alpha value is -2.82. The topological polar surface area (TPSA) is 58.6 Å². The molecule has 1 unspecified atom stereocenters. The first-order valence-corrected chi connectivity index (χ1v) is 9.13. The van der Waals surface area contributed by atoms with Gasteiger partial charge in [0, 0.05) is 19.2 Å². The Kier molecular flexibility index (Phi) is 6.99. The van der Waals surface area contributed by atoms with Crippen molar-refractivity contribution in [1.29, 1.82) is 0 Å². The Bertz CT molecular complexity index is 779. The van der Waals surface area contributed by atoms with Gasteiger partial charge in [-0.2, -0.15) is 0 Å². The lowest BCUT2D eigenvalue weighted by atomic mass is 10.0. The summed E-state index contributed by atoms with van der Waals surface area (Å²) in [6.07, 6.45) is 0.187. The molecule has 0 saturated carbocycles.